The fourth-order valence-electron chi connectivity index (χ4n) is 2.26. The molecule has 0 unspecified atom stereocenters. The molecule has 1 aliphatic rings. The standard InChI is InChI=1S/C15H11N3O2/c1-2-7-18-9-10(11-5-3-4-6-13(11)18)8-12-14(19)17-15(20)16-12/h1,3-6,8-9H,7H2,(H2,16,17,19,20)/b12-8-. The number of fused-ring (bicyclic) bond motifs is 1. The zero-order valence-corrected chi connectivity index (χ0v) is 10.5. The average Bonchev–Trinajstić information content (AvgIpc) is 2.93. The Morgan fingerprint density at radius 1 is 1.25 bits per heavy atom. The van der Waals surface area contributed by atoms with E-state index < -0.39 is 11.9 Å². The highest BCUT2D eigenvalue weighted by molar-refractivity contribution is 6.14. The van der Waals surface area contributed by atoms with Gasteiger partial charge in [-0.15, -0.1) is 6.42 Å². The number of urea groups is 1. The fraction of sp³-hybridized carbons (Fsp3) is 0.0667. The Morgan fingerprint density at radius 3 is 2.75 bits per heavy atom. The lowest BCUT2D eigenvalue weighted by Gasteiger charge is -1.97. The molecule has 98 valence electrons. The number of para-hydroxylation sites is 1. The monoisotopic (exact) mass is 265 g/mol. The number of amides is 3. The van der Waals surface area contributed by atoms with Crippen LogP contribution in [0, 0.1) is 12.3 Å². The second kappa shape index (κ2) is 4.59. The van der Waals surface area contributed by atoms with Crippen LogP contribution in [-0.4, -0.2) is 16.5 Å². The first kappa shape index (κ1) is 12.1. The lowest BCUT2D eigenvalue weighted by molar-refractivity contribution is -0.115. The third-order valence-corrected chi connectivity index (χ3v) is 3.10. The van der Waals surface area contributed by atoms with Gasteiger partial charge in [-0.25, -0.2) is 4.79 Å². The number of carbonyl (C=O) groups is 2. The highest BCUT2D eigenvalue weighted by Gasteiger charge is 2.23. The maximum atomic E-state index is 11.6. The van der Waals surface area contributed by atoms with Gasteiger partial charge in [0.25, 0.3) is 5.91 Å². The molecule has 20 heavy (non-hydrogen) atoms. The van der Waals surface area contributed by atoms with Crippen LogP contribution in [0.25, 0.3) is 17.0 Å². The van der Waals surface area contributed by atoms with E-state index in [1.165, 1.54) is 0 Å². The molecule has 2 aromatic rings. The van der Waals surface area contributed by atoms with Crippen molar-refractivity contribution >= 4 is 28.9 Å². The minimum absolute atomic E-state index is 0.235. The zero-order valence-electron chi connectivity index (χ0n) is 10.5. The average molecular weight is 265 g/mol. The van der Waals surface area contributed by atoms with Crippen molar-refractivity contribution in [3.63, 3.8) is 0 Å². The van der Waals surface area contributed by atoms with E-state index in [0.29, 0.717) is 6.54 Å². The number of hydrogen-bond donors (Lipinski definition) is 2. The summed E-state index contributed by atoms with van der Waals surface area (Å²) in [6.07, 6.45) is 8.88. The number of nitrogens with zero attached hydrogens (tertiary/aromatic N) is 1. The van der Waals surface area contributed by atoms with Crippen molar-refractivity contribution in [3.8, 4) is 12.3 Å². The molecule has 0 bridgehead atoms. The van der Waals surface area contributed by atoms with Crippen molar-refractivity contribution in [2.24, 2.45) is 0 Å². The van der Waals surface area contributed by atoms with Crippen LogP contribution in [0.2, 0.25) is 0 Å². The Kier molecular flexibility index (Phi) is 2.77. The van der Waals surface area contributed by atoms with Crippen LogP contribution < -0.4 is 10.6 Å². The summed E-state index contributed by atoms with van der Waals surface area (Å²) >= 11 is 0. The molecule has 0 saturated carbocycles. The van der Waals surface area contributed by atoms with Gasteiger partial charge in [0.15, 0.2) is 0 Å². The molecule has 1 aromatic carbocycles. The molecule has 3 rings (SSSR count). The van der Waals surface area contributed by atoms with E-state index in [4.69, 9.17) is 6.42 Å². The van der Waals surface area contributed by atoms with E-state index in [0.717, 1.165) is 16.5 Å². The molecule has 1 saturated heterocycles. The van der Waals surface area contributed by atoms with Gasteiger partial charge in [-0.05, 0) is 12.1 Å². The van der Waals surface area contributed by atoms with Crippen LogP contribution in [0.3, 0.4) is 0 Å². The van der Waals surface area contributed by atoms with E-state index in [9.17, 15) is 9.59 Å². The number of benzene rings is 1. The summed E-state index contributed by atoms with van der Waals surface area (Å²) < 4.78 is 1.93. The molecule has 5 heteroatoms. The third-order valence-electron chi connectivity index (χ3n) is 3.10. The van der Waals surface area contributed by atoms with Gasteiger partial charge in [-0.3, -0.25) is 10.1 Å². The van der Waals surface area contributed by atoms with Gasteiger partial charge in [0.1, 0.15) is 5.70 Å². The lowest BCUT2D eigenvalue weighted by Crippen LogP contribution is -2.22. The van der Waals surface area contributed by atoms with Crippen molar-refractivity contribution in [1.29, 1.82) is 0 Å². The van der Waals surface area contributed by atoms with Crippen LogP contribution >= 0.6 is 0 Å². The number of rotatable bonds is 2. The Bertz CT molecular complexity index is 793. The number of hydrogen-bond acceptors (Lipinski definition) is 2. The molecular weight excluding hydrogens is 254 g/mol. The molecule has 1 fully saturated rings. The molecule has 0 aliphatic carbocycles. The van der Waals surface area contributed by atoms with E-state index in [1.54, 1.807) is 6.08 Å². The summed E-state index contributed by atoms with van der Waals surface area (Å²) in [4.78, 5) is 22.7. The van der Waals surface area contributed by atoms with Crippen LogP contribution in [-0.2, 0) is 11.3 Å². The molecule has 5 nitrogen and oxygen atoms in total. The Labute approximate surface area is 115 Å². The number of aromatic nitrogens is 1. The molecule has 3 amide bonds. The molecule has 0 radical (unpaired) electrons. The molecule has 0 atom stereocenters. The van der Waals surface area contributed by atoms with Crippen molar-refractivity contribution in [2.75, 3.05) is 0 Å². The second-order valence-electron chi connectivity index (χ2n) is 4.40. The summed E-state index contributed by atoms with van der Waals surface area (Å²) in [5, 5.41) is 5.62. The quantitative estimate of drug-likeness (QED) is 0.490. The first-order valence-electron chi connectivity index (χ1n) is 6.04. The third kappa shape index (κ3) is 1.93. The molecular formula is C15H11N3O2. The number of carbonyl (C=O) groups excluding carboxylic acids is 2. The van der Waals surface area contributed by atoms with Gasteiger partial charge < -0.3 is 9.88 Å². The summed E-state index contributed by atoms with van der Waals surface area (Å²) in [6.45, 7) is 0.447. The van der Waals surface area contributed by atoms with Crippen LogP contribution in [0.1, 0.15) is 5.56 Å². The van der Waals surface area contributed by atoms with Crippen molar-refractivity contribution < 1.29 is 9.59 Å². The maximum Gasteiger partial charge on any atom is 0.326 e. The van der Waals surface area contributed by atoms with E-state index in [2.05, 4.69) is 16.6 Å². The first-order chi connectivity index (χ1) is 9.69. The van der Waals surface area contributed by atoms with E-state index in [-0.39, 0.29) is 5.70 Å². The highest BCUT2D eigenvalue weighted by atomic mass is 16.2. The van der Waals surface area contributed by atoms with Gasteiger partial charge in [0.2, 0.25) is 0 Å². The Morgan fingerprint density at radius 2 is 2.05 bits per heavy atom. The van der Waals surface area contributed by atoms with Crippen LogP contribution in [0.5, 0.6) is 0 Å². The Hall–Kier alpha value is -3.00. The highest BCUT2D eigenvalue weighted by Crippen LogP contribution is 2.23. The first-order valence-corrected chi connectivity index (χ1v) is 6.04. The minimum atomic E-state index is -0.506. The predicted octanol–water partition coefficient (Wildman–Crippen LogP) is 1.45. The van der Waals surface area contributed by atoms with Crippen molar-refractivity contribution in [1.82, 2.24) is 15.2 Å². The molecule has 2 N–H and O–H groups in total. The SMILES string of the molecule is C#CCn1cc(/C=C2\NC(=O)NC2=O)c2ccccc21. The van der Waals surface area contributed by atoms with Crippen molar-refractivity contribution in [3.05, 3.63) is 41.7 Å². The van der Waals surface area contributed by atoms with Gasteiger partial charge >= 0.3 is 6.03 Å². The predicted molar refractivity (Wildman–Crippen MR) is 75.4 cm³/mol. The molecule has 0 spiro atoms. The summed E-state index contributed by atoms with van der Waals surface area (Å²) in [7, 11) is 0. The lowest BCUT2D eigenvalue weighted by atomic mass is 10.1. The van der Waals surface area contributed by atoms with E-state index >= 15 is 0 Å². The van der Waals surface area contributed by atoms with E-state index in [1.807, 2.05) is 35.0 Å². The van der Waals surface area contributed by atoms with Gasteiger partial charge in [-0.1, -0.05) is 24.1 Å². The van der Waals surface area contributed by atoms with Crippen LogP contribution in [0.4, 0.5) is 4.79 Å². The largest absolute Gasteiger partial charge is 0.335 e. The number of nitrogens with one attached hydrogen (secondary N) is 2. The Balaban J connectivity index is 2.13. The number of imide groups is 1. The smallest absolute Gasteiger partial charge is 0.326 e. The fourth-order valence-corrected chi connectivity index (χ4v) is 2.26. The van der Waals surface area contributed by atoms with Gasteiger partial charge in [0.05, 0.1) is 6.54 Å². The number of terminal acetylenes is 1. The van der Waals surface area contributed by atoms with Crippen molar-refractivity contribution in [2.45, 2.75) is 6.54 Å². The maximum absolute atomic E-state index is 11.6. The summed E-state index contributed by atoms with van der Waals surface area (Å²) in [5.74, 6) is 2.17. The molecule has 2 heterocycles. The minimum Gasteiger partial charge on any atom is -0.335 e. The normalized spacial score (nSPS) is 16.2. The zero-order chi connectivity index (χ0) is 14.1. The molecule has 1 aliphatic heterocycles. The van der Waals surface area contributed by atoms with Gasteiger partial charge in [0, 0.05) is 22.7 Å². The summed E-state index contributed by atoms with van der Waals surface area (Å²) in [6, 6.07) is 7.24. The summed E-state index contributed by atoms with van der Waals surface area (Å²) in [5.41, 5.74) is 2.06. The van der Waals surface area contributed by atoms with Crippen LogP contribution in [0.15, 0.2) is 36.2 Å². The van der Waals surface area contributed by atoms with Gasteiger partial charge in [-0.2, -0.15) is 0 Å². The molecule has 1 aromatic heterocycles. The topological polar surface area (TPSA) is 63.1 Å². The second-order valence-corrected chi connectivity index (χ2v) is 4.40.